The lowest BCUT2D eigenvalue weighted by Crippen LogP contribution is -2.37. The number of anilines is 1. The van der Waals surface area contributed by atoms with Gasteiger partial charge in [-0.15, -0.1) is 0 Å². The van der Waals surface area contributed by atoms with E-state index in [0.29, 0.717) is 31.6 Å². The van der Waals surface area contributed by atoms with E-state index in [1.165, 1.54) is 0 Å². The summed E-state index contributed by atoms with van der Waals surface area (Å²) in [6, 6.07) is 7.48. The van der Waals surface area contributed by atoms with Crippen LogP contribution in [0.5, 0.6) is 0 Å². The number of hydrogen-bond acceptors (Lipinski definition) is 3. The lowest BCUT2D eigenvalue weighted by atomic mass is 9.87. The van der Waals surface area contributed by atoms with Crippen molar-refractivity contribution in [3.63, 3.8) is 0 Å². The van der Waals surface area contributed by atoms with Crippen LogP contribution in [0.3, 0.4) is 0 Å². The maximum absolute atomic E-state index is 11.9. The van der Waals surface area contributed by atoms with Crippen LogP contribution in [0.4, 0.5) is 5.69 Å². The molecule has 0 aliphatic carbocycles. The average Bonchev–Trinajstić information content (AvgIpc) is 2.96. The molecule has 0 atom stereocenters. The molecule has 0 spiro atoms. The minimum atomic E-state index is -0.680. The molecule has 0 bridgehead atoms. The molecule has 1 aromatic carbocycles. The van der Waals surface area contributed by atoms with Crippen molar-refractivity contribution in [1.29, 1.82) is 0 Å². The number of likely N-dealkylation sites (tertiary alicyclic amines) is 1. The van der Waals surface area contributed by atoms with Crippen LogP contribution in [-0.2, 0) is 19.8 Å². The first kappa shape index (κ1) is 19.0. The molecule has 1 aliphatic heterocycles. The van der Waals surface area contributed by atoms with Gasteiger partial charge in [0, 0.05) is 31.7 Å². The third-order valence-corrected chi connectivity index (χ3v) is 4.28. The molecule has 1 aliphatic rings. The molecular formula is C19H27N3O3. The number of amides is 3. The SMILES string of the molecule is CC(C)(C)c1ccc(NC(=O)C(=O)NCCCN2CCCC2=O)cc1. The van der Waals surface area contributed by atoms with E-state index in [-0.39, 0.29) is 11.3 Å². The van der Waals surface area contributed by atoms with Gasteiger partial charge >= 0.3 is 11.8 Å². The summed E-state index contributed by atoms with van der Waals surface area (Å²) in [6.45, 7) is 8.13. The Bertz CT molecular complexity index is 632. The van der Waals surface area contributed by atoms with Crippen LogP contribution in [-0.4, -0.2) is 42.3 Å². The fourth-order valence-electron chi connectivity index (χ4n) is 2.73. The van der Waals surface area contributed by atoms with Gasteiger partial charge in [-0.1, -0.05) is 32.9 Å². The van der Waals surface area contributed by atoms with Crippen molar-refractivity contribution >= 4 is 23.4 Å². The molecule has 6 nitrogen and oxygen atoms in total. The number of nitrogens with zero attached hydrogens (tertiary/aromatic N) is 1. The molecule has 0 radical (unpaired) electrons. The molecule has 136 valence electrons. The molecular weight excluding hydrogens is 318 g/mol. The van der Waals surface area contributed by atoms with Crippen molar-refractivity contribution in [3.05, 3.63) is 29.8 Å². The van der Waals surface area contributed by atoms with Crippen molar-refractivity contribution in [2.45, 2.75) is 45.4 Å². The second kappa shape index (κ2) is 8.14. The minimum absolute atomic E-state index is 0.0383. The number of benzene rings is 1. The second-order valence-corrected chi connectivity index (χ2v) is 7.38. The predicted octanol–water partition coefficient (Wildman–Crippen LogP) is 2.05. The van der Waals surface area contributed by atoms with Gasteiger partial charge in [0.25, 0.3) is 0 Å². The summed E-state index contributed by atoms with van der Waals surface area (Å²) in [6.07, 6.45) is 2.16. The summed E-state index contributed by atoms with van der Waals surface area (Å²) in [5, 5.41) is 5.18. The molecule has 25 heavy (non-hydrogen) atoms. The van der Waals surface area contributed by atoms with Gasteiger partial charge in [0.1, 0.15) is 0 Å². The van der Waals surface area contributed by atoms with Crippen molar-refractivity contribution in [1.82, 2.24) is 10.2 Å². The molecule has 1 fully saturated rings. The monoisotopic (exact) mass is 345 g/mol. The zero-order valence-corrected chi connectivity index (χ0v) is 15.2. The molecule has 6 heteroatoms. The lowest BCUT2D eigenvalue weighted by molar-refractivity contribution is -0.136. The Morgan fingerprint density at radius 1 is 1.12 bits per heavy atom. The van der Waals surface area contributed by atoms with E-state index in [9.17, 15) is 14.4 Å². The van der Waals surface area contributed by atoms with Crippen LogP contribution in [0.2, 0.25) is 0 Å². The largest absolute Gasteiger partial charge is 0.348 e. The van der Waals surface area contributed by atoms with Gasteiger partial charge in [-0.3, -0.25) is 14.4 Å². The van der Waals surface area contributed by atoms with Crippen LogP contribution in [0, 0.1) is 0 Å². The lowest BCUT2D eigenvalue weighted by Gasteiger charge is -2.19. The van der Waals surface area contributed by atoms with E-state index in [1.807, 2.05) is 12.1 Å². The highest BCUT2D eigenvalue weighted by Gasteiger charge is 2.19. The molecule has 0 saturated carbocycles. The summed E-state index contributed by atoms with van der Waals surface area (Å²) < 4.78 is 0. The van der Waals surface area contributed by atoms with E-state index in [0.717, 1.165) is 18.5 Å². The van der Waals surface area contributed by atoms with Gasteiger partial charge in [-0.05, 0) is 36.0 Å². The first-order valence-electron chi connectivity index (χ1n) is 8.75. The molecule has 1 aromatic rings. The third-order valence-electron chi connectivity index (χ3n) is 4.28. The Kier molecular flexibility index (Phi) is 6.17. The summed E-state index contributed by atoms with van der Waals surface area (Å²) in [4.78, 5) is 37.0. The summed E-state index contributed by atoms with van der Waals surface area (Å²) >= 11 is 0. The Labute approximate surface area is 149 Å². The number of rotatable bonds is 5. The van der Waals surface area contributed by atoms with Gasteiger partial charge in [-0.25, -0.2) is 0 Å². The maximum Gasteiger partial charge on any atom is 0.313 e. The fourth-order valence-corrected chi connectivity index (χ4v) is 2.73. The van der Waals surface area contributed by atoms with Crippen LogP contribution in [0.1, 0.15) is 45.6 Å². The first-order valence-corrected chi connectivity index (χ1v) is 8.75. The summed E-state index contributed by atoms with van der Waals surface area (Å²) in [7, 11) is 0. The first-order chi connectivity index (χ1) is 11.8. The number of nitrogens with one attached hydrogen (secondary N) is 2. The van der Waals surface area contributed by atoms with Crippen molar-refractivity contribution < 1.29 is 14.4 Å². The van der Waals surface area contributed by atoms with Gasteiger partial charge in [0.15, 0.2) is 0 Å². The Hall–Kier alpha value is -2.37. The quantitative estimate of drug-likeness (QED) is 0.633. The van der Waals surface area contributed by atoms with Crippen molar-refractivity contribution in [2.75, 3.05) is 25.0 Å². The van der Waals surface area contributed by atoms with Gasteiger partial charge in [0.2, 0.25) is 5.91 Å². The molecule has 1 saturated heterocycles. The third kappa shape index (κ3) is 5.59. The minimum Gasteiger partial charge on any atom is -0.348 e. The Balaban J connectivity index is 1.72. The second-order valence-electron chi connectivity index (χ2n) is 7.38. The fraction of sp³-hybridized carbons (Fsp3) is 0.526. The molecule has 1 heterocycles. The number of carbonyl (C=O) groups is 3. The van der Waals surface area contributed by atoms with Crippen LogP contribution in [0.25, 0.3) is 0 Å². The normalized spacial score (nSPS) is 14.5. The Morgan fingerprint density at radius 3 is 2.36 bits per heavy atom. The average molecular weight is 345 g/mol. The van der Waals surface area contributed by atoms with E-state index >= 15 is 0 Å². The van der Waals surface area contributed by atoms with E-state index in [1.54, 1.807) is 17.0 Å². The predicted molar refractivity (Wildman–Crippen MR) is 97.2 cm³/mol. The molecule has 0 unspecified atom stereocenters. The van der Waals surface area contributed by atoms with Gasteiger partial charge < -0.3 is 15.5 Å². The molecule has 2 N–H and O–H groups in total. The highest BCUT2D eigenvalue weighted by atomic mass is 16.2. The van der Waals surface area contributed by atoms with Crippen molar-refractivity contribution in [2.24, 2.45) is 0 Å². The zero-order chi connectivity index (χ0) is 18.4. The molecule has 3 amide bonds. The van der Waals surface area contributed by atoms with E-state index in [2.05, 4.69) is 31.4 Å². The van der Waals surface area contributed by atoms with Crippen LogP contribution >= 0.6 is 0 Å². The summed E-state index contributed by atoms with van der Waals surface area (Å²) in [5.74, 6) is -1.17. The maximum atomic E-state index is 11.9. The van der Waals surface area contributed by atoms with Gasteiger partial charge in [0.05, 0.1) is 0 Å². The highest BCUT2D eigenvalue weighted by Crippen LogP contribution is 2.23. The van der Waals surface area contributed by atoms with Crippen LogP contribution < -0.4 is 10.6 Å². The molecule has 2 rings (SSSR count). The topological polar surface area (TPSA) is 78.5 Å². The van der Waals surface area contributed by atoms with E-state index < -0.39 is 11.8 Å². The standard InChI is InChI=1S/C19H27N3O3/c1-19(2,3)14-7-9-15(10-8-14)21-18(25)17(24)20-11-5-13-22-12-4-6-16(22)23/h7-10H,4-6,11-13H2,1-3H3,(H,20,24)(H,21,25). The Morgan fingerprint density at radius 2 is 1.80 bits per heavy atom. The van der Waals surface area contributed by atoms with Crippen molar-refractivity contribution in [3.8, 4) is 0 Å². The highest BCUT2D eigenvalue weighted by molar-refractivity contribution is 6.39. The van der Waals surface area contributed by atoms with Crippen LogP contribution in [0.15, 0.2) is 24.3 Å². The number of carbonyl (C=O) groups excluding carboxylic acids is 3. The van der Waals surface area contributed by atoms with E-state index in [4.69, 9.17) is 0 Å². The zero-order valence-electron chi connectivity index (χ0n) is 15.2. The molecule has 0 aromatic heterocycles. The number of hydrogen-bond donors (Lipinski definition) is 2. The van der Waals surface area contributed by atoms with Gasteiger partial charge in [-0.2, -0.15) is 0 Å². The smallest absolute Gasteiger partial charge is 0.313 e. The summed E-state index contributed by atoms with van der Waals surface area (Å²) in [5.41, 5.74) is 1.79.